The minimum Gasteiger partial charge on any atom is -0.462 e. The van der Waals surface area contributed by atoms with E-state index in [1.165, 1.54) is 12.8 Å². The Balaban J connectivity index is 1.75. The summed E-state index contributed by atoms with van der Waals surface area (Å²) in [6.07, 6.45) is 4.52. The van der Waals surface area contributed by atoms with Crippen molar-refractivity contribution in [2.75, 3.05) is 6.61 Å². The van der Waals surface area contributed by atoms with Gasteiger partial charge in [0.1, 0.15) is 5.56 Å². The first kappa shape index (κ1) is 20.1. The molecule has 6 nitrogen and oxygen atoms in total. The van der Waals surface area contributed by atoms with E-state index in [2.05, 4.69) is 17.3 Å². The molecule has 0 radical (unpaired) electrons. The third kappa shape index (κ3) is 4.26. The molecule has 28 heavy (non-hydrogen) atoms. The summed E-state index contributed by atoms with van der Waals surface area (Å²) in [6, 6.07) is 7.58. The third-order valence-corrected chi connectivity index (χ3v) is 5.42. The highest BCUT2D eigenvalue weighted by Crippen LogP contribution is 2.24. The van der Waals surface area contributed by atoms with Gasteiger partial charge in [-0.05, 0) is 63.8 Å². The quantitative estimate of drug-likeness (QED) is 0.793. The van der Waals surface area contributed by atoms with Gasteiger partial charge in [0.2, 0.25) is 0 Å². The fourth-order valence-electron chi connectivity index (χ4n) is 3.98. The zero-order chi connectivity index (χ0) is 20.3. The van der Waals surface area contributed by atoms with E-state index in [4.69, 9.17) is 4.74 Å². The van der Waals surface area contributed by atoms with Gasteiger partial charge in [-0.25, -0.2) is 9.48 Å². The number of carbonyl (C=O) groups is 2. The summed E-state index contributed by atoms with van der Waals surface area (Å²) in [5, 5.41) is 7.63. The summed E-state index contributed by atoms with van der Waals surface area (Å²) in [6.45, 7) is 7.99. The molecular formula is C22H29N3O3. The van der Waals surface area contributed by atoms with E-state index >= 15 is 0 Å². The highest BCUT2D eigenvalue weighted by atomic mass is 16.5. The molecule has 2 unspecified atom stereocenters. The zero-order valence-electron chi connectivity index (χ0n) is 17.1. The van der Waals surface area contributed by atoms with Crippen molar-refractivity contribution in [1.82, 2.24) is 15.1 Å². The Morgan fingerprint density at radius 2 is 1.93 bits per heavy atom. The van der Waals surface area contributed by atoms with Crippen molar-refractivity contribution in [3.8, 4) is 5.69 Å². The number of aryl methyl sites for hydroxylation is 1. The van der Waals surface area contributed by atoms with Crippen LogP contribution in [0.15, 0.2) is 24.3 Å². The molecule has 0 spiro atoms. The molecule has 1 heterocycles. The second-order valence-corrected chi connectivity index (χ2v) is 7.67. The SMILES string of the molecule is CCOC(=O)c1c(C)nn(-c2ccc(C(=O)NC3CCCC(C)C3)cc2)c1C. The number of aromatic nitrogens is 2. The van der Waals surface area contributed by atoms with Crippen molar-refractivity contribution in [3.63, 3.8) is 0 Å². The summed E-state index contributed by atoms with van der Waals surface area (Å²) in [7, 11) is 0. The average Bonchev–Trinajstić information content (AvgIpc) is 2.96. The Bertz CT molecular complexity index is 855. The molecule has 1 aliphatic rings. The number of hydrogen-bond acceptors (Lipinski definition) is 4. The molecule has 2 atom stereocenters. The maximum atomic E-state index is 12.6. The van der Waals surface area contributed by atoms with Crippen LogP contribution in [0.2, 0.25) is 0 Å². The van der Waals surface area contributed by atoms with Gasteiger partial charge in [-0.3, -0.25) is 4.79 Å². The van der Waals surface area contributed by atoms with Crippen molar-refractivity contribution >= 4 is 11.9 Å². The topological polar surface area (TPSA) is 73.2 Å². The number of ether oxygens (including phenoxy) is 1. The van der Waals surface area contributed by atoms with Gasteiger partial charge in [0.25, 0.3) is 5.91 Å². The lowest BCUT2D eigenvalue weighted by Crippen LogP contribution is -2.37. The number of rotatable bonds is 5. The van der Waals surface area contributed by atoms with Crippen LogP contribution < -0.4 is 5.32 Å². The first-order valence-corrected chi connectivity index (χ1v) is 10.0. The summed E-state index contributed by atoms with van der Waals surface area (Å²) >= 11 is 0. The van der Waals surface area contributed by atoms with Crippen LogP contribution in [0.5, 0.6) is 0 Å². The third-order valence-electron chi connectivity index (χ3n) is 5.42. The number of nitrogens with one attached hydrogen (secondary N) is 1. The molecule has 6 heteroatoms. The molecule has 1 aromatic heterocycles. The Labute approximate surface area is 166 Å². The molecule has 1 aromatic carbocycles. The summed E-state index contributed by atoms with van der Waals surface area (Å²) < 4.78 is 6.84. The van der Waals surface area contributed by atoms with E-state index in [1.807, 2.05) is 19.1 Å². The molecule has 1 saturated carbocycles. The monoisotopic (exact) mass is 383 g/mol. The predicted molar refractivity (Wildman–Crippen MR) is 108 cm³/mol. The number of esters is 1. The van der Waals surface area contributed by atoms with Gasteiger partial charge in [0.15, 0.2) is 0 Å². The maximum absolute atomic E-state index is 12.6. The van der Waals surface area contributed by atoms with Crippen LogP contribution >= 0.6 is 0 Å². The van der Waals surface area contributed by atoms with E-state index in [1.54, 1.807) is 30.7 Å². The summed E-state index contributed by atoms with van der Waals surface area (Å²) in [5.74, 6) is 0.272. The number of benzene rings is 1. The summed E-state index contributed by atoms with van der Waals surface area (Å²) in [5.41, 5.74) is 3.29. The van der Waals surface area contributed by atoms with Gasteiger partial charge in [-0.15, -0.1) is 0 Å². The van der Waals surface area contributed by atoms with Crippen LogP contribution in [0.3, 0.4) is 0 Å². The van der Waals surface area contributed by atoms with Crippen molar-refractivity contribution in [1.29, 1.82) is 0 Å². The largest absolute Gasteiger partial charge is 0.462 e. The Hall–Kier alpha value is -2.63. The summed E-state index contributed by atoms with van der Waals surface area (Å²) in [4.78, 5) is 24.7. The van der Waals surface area contributed by atoms with Crippen molar-refractivity contribution < 1.29 is 14.3 Å². The van der Waals surface area contributed by atoms with Gasteiger partial charge in [0, 0.05) is 11.6 Å². The van der Waals surface area contributed by atoms with Crippen molar-refractivity contribution in [3.05, 3.63) is 46.8 Å². The van der Waals surface area contributed by atoms with Crippen LogP contribution in [0, 0.1) is 19.8 Å². The van der Waals surface area contributed by atoms with E-state index in [0.717, 1.165) is 24.2 Å². The van der Waals surface area contributed by atoms with Crippen molar-refractivity contribution in [2.45, 2.75) is 59.4 Å². The van der Waals surface area contributed by atoms with Gasteiger partial charge < -0.3 is 10.1 Å². The fraction of sp³-hybridized carbons (Fsp3) is 0.500. The fourth-order valence-corrected chi connectivity index (χ4v) is 3.98. The molecular weight excluding hydrogens is 354 g/mol. The highest BCUT2D eigenvalue weighted by Gasteiger charge is 2.22. The molecule has 2 aromatic rings. The average molecular weight is 383 g/mol. The van der Waals surface area contributed by atoms with E-state index in [9.17, 15) is 9.59 Å². The highest BCUT2D eigenvalue weighted by molar-refractivity contribution is 5.94. The molecule has 1 N–H and O–H groups in total. The standard InChI is InChI=1S/C22H29N3O3/c1-5-28-22(27)20-15(3)24-25(16(20)4)19-11-9-17(10-12-19)21(26)23-18-8-6-7-14(2)13-18/h9-12,14,18H,5-8,13H2,1-4H3,(H,23,26). The van der Waals surface area contributed by atoms with Gasteiger partial charge in [-0.1, -0.05) is 19.8 Å². The van der Waals surface area contributed by atoms with Crippen LogP contribution in [0.1, 0.15) is 71.6 Å². The minimum absolute atomic E-state index is 0.0359. The number of hydrogen-bond donors (Lipinski definition) is 1. The van der Waals surface area contributed by atoms with Crippen LogP contribution in [0.25, 0.3) is 5.69 Å². The van der Waals surface area contributed by atoms with E-state index in [-0.39, 0.29) is 17.9 Å². The van der Waals surface area contributed by atoms with E-state index in [0.29, 0.717) is 29.3 Å². The second kappa shape index (κ2) is 8.59. The lowest BCUT2D eigenvalue weighted by atomic mass is 9.87. The Morgan fingerprint density at radius 1 is 1.21 bits per heavy atom. The normalized spacial score (nSPS) is 19.3. The molecule has 1 fully saturated rings. The Kier molecular flexibility index (Phi) is 6.17. The van der Waals surface area contributed by atoms with Crippen LogP contribution in [0.4, 0.5) is 0 Å². The van der Waals surface area contributed by atoms with Crippen LogP contribution in [-0.2, 0) is 4.74 Å². The first-order valence-electron chi connectivity index (χ1n) is 10.0. The number of amides is 1. The Morgan fingerprint density at radius 3 is 2.57 bits per heavy atom. The molecule has 1 amide bonds. The lowest BCUT2D eigenvalue weighted by molar-refractivity contribution is 0.0524. The van der Waals surface area contributed by atoms with Crippen molar-refractivity contribution in [2.24, 2.45) is 5.92 Å². The van der Waals surface area contributed by atoms with Gasteiger partial charge in [-0.2, -0.15) is 5.10 Å². The van der Waals surface area contributed by atoms with E-state index < -0.39 is 0 Å². The molecule has 150 valence electrons. The number of nitrogens with zero attached hydrogens (tertiary/aromatic N) is 2. The van der Waals surface area contributed by atoms with Gasteiger partial charge >= 0.3 is 5.97 Å². The predicted octanol–water partition coefficient (Wildman–Crippen LogP) is 3.97. The molecule has 0 saturated heterocycles. The lowest BCUT2D eigenvalue weighted by Gasteiger charge is -2.27. The molecule has 3 rings (SSSR count). The molecule has 1 aliphatic carbocycles. The maximum Gasteiger partial charge on any atom is 0.341 e. The minimum atomic E-state index is -0.360. The second-order valence-electron chi connectivity index (χ2n) is 7.67. The van der Waals surface area contributed by atoms with Gasteiger partial charge in [0.05, 0.1) is 23.7 Å². The number of carbonyl (C=O) groups excluding carboxylic acids is 2. The van der Waals surface area contributed by atoms with Crippen LogP contribution in [-0.4, -0.2) is 34.3 Å². The zero-order valence-corrected chi connectivity index (χ0v) is 17.1. The first-order chi connectivity index (χ1) is 13.4. The molecule has 0 bridgehead atoms. The smallest absolute Gasteiger partial charge is 0.341 e. The molecule has 0 aliphatic heterocycles.